The van der Waals surface area contributed by atoms with E-state index < -0.39 is 0 Å². The van der Waals surface area contributed by atoms with Gasteiger partial charge in [-0.25, -0.2) is 4.98 Å². The summed E-state index contributed by atoms with van der Waals surface area (Å²) in [6.07, 6.45) is 10.2. The molecule has 0 unspecified atom stereocenters. The zero-order valence-electron chi connectivity index (χ0n) is 17.1. The van der Waals surface area contributed by atoms with E-state index in [9.17, 15) is 4.79 Å². The molecule has 2 heterocycles. The minimum absolute atomic E-state index is 0.149. The maximum absolute atomic E-state index is 13.0. The van der Waals surface area contributed by atoms with Gasteiger partial charge in [0.1, 0.15) is 5.01 Å². The summed E-state index contributed by atoms with van der Waals surface area (Å²) in [5.41, 5.74) is 1.83. The highest BCUT2D eigenvalue weighted by Crippen LogP contribution is 2.59. The number of carbonyl (C=O) groups is 1. The number of hydrogen-bond acceptors (Lipinski definition) is 4. The number of nitrogens with zero attached hydrogens (tertiary/aromatic N) is 2. The first-order chi connectivity index (χ1) is 14.2. The van der Waals surface area contributed by atoms with E-state index in [-0.39, 0.29) is 16.7 Å². The van der Waals surface area contributed by atoms with Crippen molar-refractivity contribution in [1.82, 2.24) is 15.2 Å². The summed E-state index contributed by atoms with van der Waals surface area (Å²) in [4.78, 5) is 19.9. The van der Waals surface area contributed by atoms with Crippen LogP contribution in [0.15, 0.2) is 41.9 Å². The quantitative estimate of drug-likeness (QED) is 0.770. The van der Waals surface area contributed by atoms with Gasteiger partial charge in [-0.1, -0.05) is 43.2 Å². The number of benzene rings is 1. The first kappa shape index (κ1) is 19.3. The Morgan fingerprint density at radius 1 is 1.14 bits per heavy atom. The average molecular weight is 410 g/mol. The largest absolute Gasteiger partial charge is 0.355 e. The van der Waals surface area contributed by atoms with Crippen molar-refractivity contribution in [1.29, 1.82) is 0 Å². The summed E-state index contributed by atoms with van der Waals surface area (Å²) < 4.78 is 0. The molecule has 2 saturated carbocycles. The van der Waals surface area contributed by atoms with Crippen molar-refractivity contribution >= 4 is 17.2 Å². The average Bonchev–Trinajstić information content (AvgIpc) is 3.12. The van der Waals surface area contributed by atoms with Gasteiger partial charge in [-0.15, -0.1) is 11.3 Å². The fraction of sp³-hybridized carbons (Fsp3) is 0.583. The zero-order valence-corrected chi connectivity index (χ0v) is 17.9. The lowest BCUT2D eigenvalue weighted by Crippen LogP contribution is -2.41. The minimum atomic E-state index is 0.149. The molecule has 2 aromatic rings. The second kappa shape index (κ2) is 7.84. The smallest absolute Gasteiger partial charge is 0.223 e. The van der Waals surface area contributed by atoms with Crippen LogP contribution in [0.25, 0.3) is 0 Å². The van der Waals surface area contributed by atoms with Crippen molar-refractivity contribution < 1.29 is 4.79 Å². The van der Waals surface area contributed by atoms with E-state index in [1.165, 1.54) is 36.3 Å². The summed E-state index contributed by atoms with van der Waals surface area (Å²) in [6, 6.07) is 10.8. The van der Waals surface area contributed by atoms with Crippen molar-refractivity contribution in [2.45, 2.75) is 56.9 Å². The van der Waals surface area contributed by atoms with Crippen molar-refractivity contribution in [3.05, 3.63) is 52.5 Å². The molecular weight excluding hydrogens is 378 g/mol. The summed E-state index contributed by atoms with van der Waals surface area (Å²) in [5, 5.41) is 6.64. The van der Waals surface area contributed by atoms with Gasteiger partial charge in [0, 0.05) is 29.5 Å². The molecule has 5 rings (SSSR count). The standard InChI is InChI=1S/C24H31N3OS/c28-22(26-18-24(8-4-5-9-24)19-6-2-1-3-7-19)20-16-23(20)10-13-27(14-11-23)17-21-25-12-15-29-21/h1-3,6-7,12,15,20H,4-5,8-11,13-14,16-18H2,(H,26,28)/t20-/m0/s1. The molecule has 4 nitrogen and oxygen atoms in total. The van der Waals surface area contributed by atoms with Gasteiger partial charge in [0.2, 0.25) is 5.91 Å². The van der Waals surface area contributed by atoms with Crippen LogP contribution in [0.3, 0.4) is 0 Å². The molecule has 1 atom stereocenters. The lowest BCUT2D eigenvalue weighted by Gasteiger charge is -2.33. The molecule has 3 aliphatic rings. The SMILES string of the molecule is O=C(NCC1(c2ccccc2)CCCC1)[C@@H]1CC12CCN(Cc1nccs1)CC2. The number of piperidine rings is 1. The van der Waals surface area contributed by atoms with Gasteiger partial charge in [0.15, 0.2) is 0 Å². The number of thiazole rings is 1. The van der Waals surface area contributed by atoms with Crippen molar-refractivity contribution in [3.63, 3.8) is 0 Å². The van der Waals surface area contributed by atoms with Crippen LogP contribution in [0.5, 0.6) is 0 Å². The molecule has 1 saturated heterocycles. The van der Waals surface area contributed by atoms with Crippen LogP contribution in [0.1, 0.15) is 55.5 Å². The molecule has 154 valence electrons. The van der Waals surface area contributed by atoms with E-state index in [0.717, 1.165) is 45.4 Å². The second-order valence-electron chi connectivity index (χ2n) is 9.39. The predicted molar refractivity (Wildman–Crippen MR) is 117 cm³/mol. The number of hydrogen-bond donors (Lipinski definition) is 1. The van der Waals surface area contributed by atoms with Crippen LogP contribution >= 0.6 is 11.3 Å². The van der Waals surface area contributed by atoms with Gasteiger partial charge in [0.05, 0.1) is 6.54 Å². The molecule has 2 aliphatic carbocycles. The van der Waals surface area contributed by atoms with Crippen LogP contribution in [0.2, 0.25) is 0 Å². The van der Waals surface area contributed by atoms with E-state index in [1.807, 2.05) is 6.20 Å². The van der Waals surface area contributed by atoms with Crippen LogP contribution in [-0.2, 0) is 16.8 Å². The fourth-order valence-corrected chi connectivity index (χ4v) is 6.40. The normalized spacial score (nSPS) is 25.2. The third-order valence-electron chi connectivity index (χ3n) is 7.75. The third kappa shape index (κ3) is 3.87. The predicted octanol–water partition coefficient (Wildman–Crippen LogP) is 4.37. The lowest BCUT2D eigenvalue weighted by molar-refractivity contribution is -0.123. The van der Waals surface area contributed by atoms with Crippen LogP contribution in [-0.4, -0.2) is 35.4 Å². The summed E-state index contributed by atoms with van der Waals surface area (Å²) in [6.45, 7) is 3.96. The number of rotatable bonds is 6. The Hall–Kier alpha value is -1.72. The number of likely N-dealkylation sites (tertiary alicyclic amines) is 1. The maximum Gasteiger partial charge on any atom is 0.223 e. The Kier molecular flexibility index (Phi) is 5.21. The molecule has 1 amide bonds. The van der Waals surface area contributed by atoms with Crippen molar-refractivity contribution in [2.75, 3.05) is 19.6 Å². The maximum atomic E-state index is 13.0. The molecule has 3 fully saturated rings. The Morgan fingerprint density at radius 2 is 1.90 bits per heavy atom. The molecule has 29 heavy (non-hydrogen) atoms. The Bertz CT molecular complexity index is 821. The van der Waals surface area contributed by atoms with Gasteiger partial charge in [-0.3, -0.25) is 9.69 Å². The fourth-order valence-electron chi connectivity index (χ4n) is 5.74. The van der Waals surface area contributed by atoms with E-state index in [2.05, 4.69) is 50.9 Å². The molecular formula is C24H31N3OS. The Morgan fingerprint density at radius 3 is 2.59 bits per heavy atom. The van der Waals surface area contributed by atoms with Crippen LogP contribution in [0, 0.1) is 11.3 Å². The number of aromatic nitrogens is 1. The molecule has 1 spiro atoms. The third-order valence-corrected chi connectivity index (χ3v) is 8.51. The zero-order chi connectivity index (χ0) is 19.7. The van der Waals surface area contributed by atoms with E-state index >= 15 is 0 Å². The summed E-state index contributed by atoms with van der Waals surface area (Å²) >= 11 is 1.74. The molecule has 0 radical (unpaired) electrons. The molecule has 1 aliphatic heterocycles. The van der Waals surface area contributed by atoms with Gasteiger partial charge in [-0.2, -0.15) is 0 Å². The molecule has 1 aromatic heterocycles. The number of carbonyl (C=O) groups excluding carboxylic acids is 1. The molecule has 5 heteroatoms. The summed E-state index contributed by atoms with van der Waals surface area (Å²) in [7, 11) is 0. The van der Waals surface area contributed by atoms with Gasteiger partial charge in [0.25, 0.3) is 0 Å². The first-order valence-corrected chi connectivity index (χ1v) is 12.0. The monoisotopic (exact) mass is 409 g/mol. The number of amides is 1. The van der Waals surface area contributed by atoms with E-state index in [4.69, 9.17) is 0 Å². The highest BCUT2D eigenvalue weighted by molar-refractivity contribution is 7.09. The van der Waals surface area contributed by atoms with Crippen LogP contribution in [0.4, 0.5) is 0 Å². The second-order valence-corrected chi connectivity index (χ2v) is 10.4. The lowest BCUT2D eigenvalue weighted by atomic mass is 9.78. The molecule has 1 N–H and O–H groups in total. The van der Waals surface area contributed by atoms with Gasteiger partial charge in [-0.05, 0) is 56.2 Å². The highest BCUT2D eigenvalue weighted by atomic mass is 32.1. The van der Waals surface area contributed by atoms with E-state index in [1.54, 1.807) is 11.3 Å². The minimum Gasteiger partial charge on any atom is -0.355 e. The van der Waals surface area contributed by atoms with Crippen molar-refractivity contribution in [3.8, 4) is 0 Å². The van der Waals surface area contributed by atoms with Crippen molar-refractivity contribution in [2.24, 2.45) is 11.3 Å². The van der Waals surface area contributed by atoms with E-state index in [0.29, 0.717) is 5.91 Å². The Labute approximate surface area is 177 Å². The van der Waals surface area contributed by atoms with Crippen LogP contribution < -0.4 is 5.32 Å². The summed E-state index contributed by atoms with van der Waals surface area (Å²) in [5.74, 6) is 0.541. The topological polar surface area (TPSA) is 45.2 Å². The van der Waals surface area contributed by atoms with Gasteiger partial charge < -0.3 is 5.32 Å². The molecule has 0 bridgehead atoms. The first-order valence-electron chi connectivity index (χ1n) is 11.1. The molecule has 1 aromatic carbocycles. The Balaban J connectivity index is 1.15. The highest BCUT2D eigenvalue weighted by Gasteiger charge is 2.58. The number of nitrogens with one attached hydrogen (secondary N) is 1. The van der Waals surface area contributed by atoms with Gasteiger partial charge >= 0.3 is 0 Å².